The van der Waals surface area contributed by atoms with Gasteiger partial charge in [-0.05, 0) is 51.5 Å². The molecule has 2 N–H and O–H groups in total. The van der Waals surface area contributed by atoms with Crippen LogP contribution in [-0.2, 0) is 19.9 Å². The molecule has 0 bridgehead atoms. The first-order valence-electron chi connectivity index (χ1n) is 6.33. The van der Waals surface area contributed by atoms with Gasteiger partial charge in [0.25, 0.3) is 0 Å². The van der Waals surface area contributed by atoms with Gasteiger partial charge in [0.05, 0.1) is 15.4 Å². The van der Waals surface area contributed by atoms with Crippen molar-refractivity contribution >= 4 is 19.9 Å². The third-order valence-corrected chi connectivity index (χ3v) is 6.65. The summed E-state index contributed by atoms with van der Waals surface area (Å²) in [5.41, 5.74) is 0.452. The van der Waals surface area contributed by atoms with E-state index in [9.17, 15) is 16.8 Å². The van der Waals surface area contributed by atoms with Crippen molar-refractivity contribution in [2.75, 3.05) is 12.4 Å². The fourth-order valence-electron chi connectivity index (χ4n) is 1.61. The van der Waals surface area contributed by atoms with Crippen molar-refractivity contribution in [3.8, 4) is 5.75 Å². The van der Waals surface area contributed by atoms with E-state index < -0.39 is 24.6 Å². The van der Waals surface area contributed by atoms with Gasteiger partial charge in [-0.3, -0.25) is 0 Å². The highest BCUT2D eigenvalue weighted by atomic mass is 32.2. The molecule has 21 heavy (non-hydrogen) atoms. The van der Waals surface area contributed by atoms with Gasteiger partial charge in [-0.1, -0.05) is 0 Å². The number of sulfonamides is 1. The number of benzene rings is 1. The van der Waals surface area contributed by atoms with E-state index in [4.69, 9.17) is 9.88 Å². The minimum atomic E-state index is -3.76. The SMILES string of the molecule is Cc1cc(OCCS(=O)(=O)C(C)(C)C)ccc1S(N)(=O)=O. The molecular formula is C13H21NO5S2. The molecule has 0 radical (unpaired) electrons. The number of sulfone groups is 1. The molecule has 0 unspecified atom stereocenters. The van der Waals surface area contributed by atoms with E-state index in [-0.39, 0.29) is 17.3 Å². The average Bonchev–Trinajstić information content (AvgIpc) is 2.25. The maximum absolute atomic E-state index is 11.9. The molecule has 120 valence electrons. The molecule has 1 rings (SSSR count). The van der Waals surface area contributed by atoms with Gasteiger partial charge in [0.1, 0.15) is 12.4 Å². The third-order valence-electron chi connectivity index (χ3n) is 3.01. The Bertz CT molecular complexity index is 715. The number of rotatable bonds is 5. The number of hydrogen-bond acceptors (Lipinski definition) is 5. The van der Waals surface area contributed by atoms with Crippen LogP contribution in [0.5, 0.6) is 5.75 Å². The van der Waals surface area contributed by atoms with Crippen molar-refractivity contribution in [3.63, 3.8) is 0 Å². The minimum Gasteiger partial charge on any atom is -0.493 e. The molecule has 1 aromatic rings. The summed E-state index contributed by atoms with van der Waals surface area (Å²) in [5.74, 6) is 0.302. The largest absolute Gasteiger partial charge is 0.493 e. The number of primary sulfonamides is 1. The second-order valence-corrected chi connectivity index (χ2v) is 10.1. The van der Waals surface area contributed by atoms with Gasteiger partial charge in [-0.15, -0.1) is 0 Å². The zero-order valence-electron chi connectivity index (χ0n) is 12.6. The Hall–Kier alpha value is -1.12. The van der Waals surface area contributed by atoms with Crippen LogP contribution in [0.1, 0.15) is 26.3 Å². The summed E-state index contributed by atoms with van der Waals surface area (Å²) >= 11 is 0. The first kappa shape index (κ1) is 17.9. The van der Waals surface area contributed by atoms with Crippen molar-refractivity contribution in [1.29, 1.82) is 0 Å². The molecule has 0 amide bonds. The Kier molecular flexibility index (Phi) is 5.07. The van der Waals surface area contributed by atoms with Crippen molar-refractivity contribution in [2.45, 2.75) is 37.3 Å². The molecule has 6 nitrogen and oxygen atoms in total. The Morgan fingerprint density at radius 2 is 1.71 bits per heavy atom. The fraction of sp³-hybridized carbons (Fsp3) is 0.538. The topological polar surface area (TPSA) is 104 Å². The molecule has 1 aromatic carbocycles. The monoisotopic (exact) mass is 335 g/mol. The minimum absolute atomic E-state index is 0.00770. The standard InChI is InChI=1S/C13H21NO5S2/c1-10-9-11(5-6-12(10)21(14,17)18)19-7-8-20(15,16)13(2,3)4/h5-6,9H,7-8H2,1-4H3,(H2,14,17,18). The lowest BCUT2D eigenvalue weighted by molar-refractivity contribution is 0.339. The summed E-state index contributed by atoms with van der Waals surface area (Å²) in [6.45, 7) is 6.50. The van der Waals surface area contributed by atoms with Crippen molar-refractivity contribution in [3.05, 3.63) is 23.8 Å². The van der Waals surface area contributed by atoms with Crippen LogP contribution in [0.15, 0.2) is 23.1 Å². The van der Waals surface area contributed by atoms with Gasteiger partial charge in [0.2, 0.25) is 10.0 Å². The van der Waals surface area contributed by atoms with Crippen LogP contribution in [0.25, 0.3) is 0 Å². The van der Waals surface area contributed by atoms with E-state index in [0.29, 0.717) is 11.3 Å². The lowest BCUT2D eigenvalue weighted by Crippen LogP contribution is -2.32. The lowest BCUT2D eigenvalue weighted by Gasteiger charge is -2.19. The Morgan fingerprint density at radius 3 is 2.14 bits per heavy atom. The fourth-order valence-corrected chi connectivity index (χ4v) is 3.29. The highest BCUT2D eigenvalue weighted by Gasteiger charge is 2.28. The molecule has 0 saturated heterocycles. The van der Waals surface area contributed by atoms with Crippen LogP contribution in [0, 0.1) is 6.92 Å². The Labute approximate surface area is 126 Å². The zero-order chi connectivity index (χ0) is 16.5. The van der Waals surface area contributed by atoms with Gasteiger partial charge in [0.15, 0.2) is 9.84 Å². The van der Waals surface area contributed by atoms with Gasteiger partial charge >= 0.3 is 0 Å². The van der Waals surface area contributed by atoms with E-state index in [2.05, 4.69) is 0 Å². The van der Waals surface area contributed by atoms with Crippen molar-refractivity contribution < 1.29 is 21.6 Å². The van der Waals surface area contributed by atoms with Crippen LogP contribution in [0.4, 0.5) is 0 Å². The van der Waals surface area contributed by atoms with Gasteiger partial charge < -0.3 is 4.74 Å². The summed E-state index contributed by atoms with van der Waals surface area (Å²) < 4.78 is 50.9. The molecular weight excluding hydrogens is 314 g/mol. The number of aryl methyl sites for hydroxylation is 1. The lowest BCUT2D eigenvalue weighted by atomic mass is 10.2. The first-order chi connectivity index (χ1) is 9.34. The van der Waals surface area contributed by atoms with E-state index in [1.54, 1.807) is 27.7 Å². The Morgan fingerprint density at radius 1 is 1.14 bits per heavy atom. The number of nitrogens with two attached hydrogens (primary N) is 1. The van der Waals surface area contributed by atoms with Gasteiger partial charge in [-0.25, -0.2) is 22.0 Å². The summed E-state index contributed by atoms with van der Waals surface area (Å²) in [5, 5.41) is 5.06. The second-order valence-electron chi connectivity index (χ2n) is 5.75. The molecule has 0 aliphatic rings. The van der Waals surface area contributed by atoms with Gasteiger partial charge in [0, 0.05) is 0 Å². The smallest absolute Gasteiger partial charge is 0.238 e. The van der Waals surface area contributed by atoms with Crippen LogP contribution < -0.4 is 9.88 Å². The number of hydrogen-bond donors (Lipinski definition) is 1. The van der Waals surface area contributed by atoms with E-state index in [0.717, 1.165) is 0 Å². The first-order valence-corrected chi connectivity index (χ1v) is 9.53. The molecule has 0 fully saturated rings. The maximum atomic E-state index is 11.9. The number of ether oxygens (including phenoxy) is 1. The van der Waals surface area contributed by atoms with E-state index >= 15 is 0 Å². The van der Waals surface area contributed by atoms with Crippen LogP contribution in [0.2, 0.25) is 0 Å². The zero-order valence-corrected chi connectivity index (χ0v) is 14.2. The molecule has 8 heteroatoms. The van der Waals surface area contributed by atoms with E-state index in [1.165, 1.54) is 18.2 Å². The summed E-state index contributed by atoms with van der Waals surface area (Å²) in [6.07, 6.45) is 0. The highest BCUT2D eigenvalue weighted by Crippen LogP contribution is 2.21. The maximum Gasteiger partial charge on any atom is 0.238 e. The van der Waals surface area contributed by atoms with Crippen LogP contribution in [-0.4, -0.2) is 33.9 Å². The van der Waals surface area contributed by atoms with E-state index in [1.807, 2.05) is 0 Å². The predicted octanol–water partition coefficient (Wildman–Crippen LogP) is 1.23. The second kappa shape index (κ2) is 5.94. The molecule has 0 saturated carbocycles. The molecule has 0 heterocycles. The summed E-state index contributed by atoms with van der Waals surface area (Å²) in [7, 11) is -7.02. The summed E-state index contributed by atoms with van der Waals surface area (Å²) in [4.78, 5) is 0.0252. The molecule has 0 aliphatic heterocycles. The molecule has 0 aliphatic carbocycles. The van der Waals surface area contributed by atoms with Crippen molar-refractivity contribution in [1.82, 2.24) is 0 Å². The van der Waals surface area contributed by atoms with Crippen LogP contribution >= 0.6 is 0 Å². The Balaban J connectivity index is 2.77. The molecule has 0 aromatic heterocycles. The molecule has 0 spiro atoms. The predicted molar refractivity (Wildman–Crippen MR) is 81.6 cm³/mol. The summed E-state index contributed by atoms with van der Waals surface area (Å²) in [6, 6.07) is 4.32. The van der Waals surface area contributed by atoms with Crippen LogP contribution in [0.3, 0.4) is 0 Å². The quantitative estimate of drug-likeness (QED) is 0.871. The third kappa shape index (κ3) is 4.69. The average molecular weight is 335 g/mol. The molecule has 0 atom stereocenters. The normalized spacial score (nSPS) is 13.2. The highest BCUT2D eigenvalue weighted by molar-refractivity contribution is 7.92. The van der Waals surface area contributed by atoms with Gasteiger partial charge in [-0.2, -0.15) is 0 Å². The van der Waals surface area contributed by atoms with Crippen molar-refractivity contribution in [2.24, 2.45) is 5.14 Å².